The van der Waals surface area contributed by atoms with E-state index in [-0.39, 0.29) is 49.5 Å². The number of hydrogen-bond donors (Lipinski definition) is 3. The third-order valence-corrected chi connectivity index (χ3v) is 12.3. The number of carbonyl (C=O) groups excluding carboxylic acids is 1. The molecule has 13 nitrogen and oxygen atoms in total. The quantitative estimate of drug-likeness (QED) is 0.213. The minimum atomic E-state index is -4.00. The van der Waals surface area contributed by atoms with Crippen LogP contribution in [0.15, 0.2) is 71.6 Å². The van der Waals surface area contributed by atoms with Crippen molar-refractivity contribution in [2.45, 2.75) is 81.0 Å². The maximum atomic E-state index is 14.2. The van der Waals surface area contributed by atoms with Crippen LogP contribution in [0.1, 0.15) is 54.4 Å². The average molecular weight is 763 g/mol. The monoisotopic (exact) mass is 762 g/mol. The fourth-order valence-corrected chi connectivity index (χ4v) is 9.17. The van der Waals surface area contributed by atoms with Gasteiger partial charge >= 0.3 is 6.09 Å². The first-order valence-electron chi connectivity index (χ1n) is 18.7. The highest BCUT2D eigenvalue weighted by Crippen LogP contribution is 2.34. The molecule has 0 bridgehead atoms. The summed E-state index contributed by atoms with van der Waals surface area (Å²) in [5.41, 5.74) is 7.56. The summed E-state index contributed by atoms with van der Waals surface area (Å²) >= 11 is 0. The Kier molecular flexibility index (Phi) is 13.4. The molecule has 290 valence electrons. The Morgan fingerprint density at radius 3 is 2.61 bits per heavy atom. The van der Waals surface area contributed by atoms with Crippen LogP contribution in [-0.4, -0.2) is 88.4 Å². The van der Waals surface area contributed by atoms with E-state index in [4.69, 9.17) is 23.7 Å². The van der Waals surface area contributed by atoms with Crippen molar-refractivity contribution in [3.8, 4) is 17.6 Å². The van der Waals surface area contributed by atoms with Crippen molar-refractivity contribution in [2.75, 3.05) is 40.0 Å². The molecule has 54 heavy (non-hydrogen) atoms. The Morgan fingerprint density at radius 1 is 1.04 bits per heavy atom. The molecular weight excluding hydrogens is 713 g/mol. The Bertz CT molecular complexity index is 1860. The predicted molar refractivity (Wildman–Crippen MR) is 199 cm³/mol. The molecule has 5 unspecified atom stereocenters. The Balaban J connectivity index is 0.00000245. The highest BCUT2D eigenvalue weighted by Gasteiger charge is 2.44. The minimum absolute atomic E-state index is 0.0613. The lowest BCUT2D eigenvalue weighted by Crippen LogP contribution is -2.51. The number of rotatable bonds is 14. The molecule has 2 saturated heterocycles. The van der Waals surface area contributed by atoms with E-state index in [1.807, 2.05) is 24.3 Å². The number of nitrogens with two attached hydrogens (primary N) is 1. The molecule has 14 heteroatoms. The molecule has 3 aromatic carbocycles. The van der Waals surface area contributed by atoms with Crippen LogP contribution in [0.25, 0.3) is 0 Å². The van der Waals surface area contributed by atoms with E-state index < -0.39 is 40.7 Å². The van der Waals surface area contributed by atoms with Gasteiger partial charge in [-0.3, -0.25) is 0 Å². The molecular formula is C40H50N4O9S. The van der Waals surface area contributed by atoms with Crippen molar-refractivity contribution >= 4 is 16.1 Å². The summed E-state index contributed by atoms with van der Waals surface area (Å²) in [5, 5.41) is 23.9. The number of nitrogens with one attached hydrogen (secondary N) is 1. The molecule has 7 rings (SSSR count). The van der Waals surface area contributed by atoms with Gasteiger partial charge in [-0.05, 0) is 97.8 Å². The lowest BCUT2D eigenvalue weighted by atomic mass is 10.0. The molecule has 3 fully saturated rings. The molecule has 4 aliphatic rings. The summed E-state index contributed by atoms with van der Waals surface area (Å²) in [6, 6.07) is 20.7. The van der Waals surface area contributed by atoms with Crippen molar-refractivity contribution in [2.24, 2.45) is 17.6 Å². The largest absolute Gasteiger partial charge is 0.493 e. The number of aliphatic hydroxyl groups excluding tert-OH is 1. The smallest absolute Gasteiger partial charge is 0.407 e. The van der Waals surface area contributed by atoms with Gasteiger partial charge in [0.05, 0.1) is 54.4 Å². The average Bonchev–Trinajstić information content (AvgIpc) is 4.02. The molecule has 3 heterocycles. The first-order valence-corrected chi connectivity index (χ1v) is 20.1. The van der Waals surface area contributed by atoms with Crippen molar-refractivity contribution in [3.63, 3.8) is 0 Å². The van der Waals surface area contributed by atoms with Crippen LogP contribution in [0.5, 0.6) is 11.5 Å². The SMILES string of the molecule is CN.N#Cc1cccc(COc2ccc(CC(NC(=O)OC3COC4OCCC34)C(O)CN(CC3CCCC3)S(=O)(=O)c3ccc4c(c3)CCO4)cc2)c1. The van der Waals surface area contributed by atoms with Gasteiger partial charge in [-0.1, -0.05) is 37.1 Å². The van der Waals surface area contributed by atoms with Gasteiger partial charge in [0.15, 0.2) is 6.29 Å². The van der Waals surface area contributed by atoms with Crippen LogP contribution in [0.2, 0.25) is 0 Å². The number of benzene rings is 3. The molecule has 5 atom stereocenters. The Hall–Kier alpha value is -4.23. The van der Waals surface area contributed by atoms with Gasteiger partial charge in [0.25, 0.3) is 0 Å². The number of amides is 1. The Morgan fingerprint density at radius 2 is 1.83 bits per heavy atom. The minimum Gasteiger partial charge on any atom is -0.493 e. The predicted octanol–water partition coefficient (Wildman–Crippen LogP) is 4.29. The number of sulfonamides is 1. The lowest BCUT2D eigenvalue weighted by Gasteiger charge is -2.31. The fraction of sp³-hybridized carbons (Fsp3) is 0.500. The molecule has 0 aromatic heterocycles. The number of nitriles is 1. The van der Waals surface area contributed by atoms with Crippen LogP contribution in [0.4, 0.5) is 4.79 Å². The first-order chi connectivity index (χ1) is 26.2. The summed E-state index contributed by atoms with van der Waals surface area (Å²) in [7, 11) is -2.50. The standard InChI is InChI=1S/C39H45N3O9S.CH5N/c40-21-28-6-3-7-29(18-28)24-49-31-10-8-26(9-11-31)19-34(41-39(44)51-37-25-50-38-33(37)15-17-48-38)35(43)23-42(22-27-4-1-2-5-27)52(45,46)32-12-13-36-30(20-32)14-16-47-36;1-2/h3,6-13,18,20,27,33-35,37-38,43H,1-2,4-5,14-17,19,22-25H2,(H,41,44);2H2,1H3. The molecule has 1 aliphatic carbocycles. The maximum Gasteiger partial charge on any atom is 0.407 e. The second-order valence-electron chi connectivity index (χ2n) is 14.1. The number of nitrogens with zero attached hydrogens (tertiary/aromatic N) is 2. The lowest BCUT2D eigenvalue weighted by molar-refractivity contribution is -0.0907. The zero-order chi connectivity index (χ0) is 38.1. The number of hydrogen-bond acceptors (Lipinski definition) is 11. The molecule has 3 aliphatic heterocycles. The second-order valence-corrected chi connectivity index (χ2v) is 16.0. The topological polar surface area (TPSA) is 183 Å². The number of alkyl carbamates (subject to hydrolysis) is 1. The fourth-order valence-electron chi connectivity index (χ4n) is 7.59. The van der Waals surface area contributed by atoms with Gasteiger partial charge in [0.1, 0.15) is 24.2 Å². The van der Waals surface area contributed by atoms with E-state index in [2.05, 4.69) is 17.1 Å². The summed E-state index contributed by atoms with van der Waals surface area (Å²) in [4.78, 5) is 13.5. The van der Waals surface area contributed by atoms with Gasteiger partial charge in [-0.25, -0.2) is 13.2 Å². The van der Waals surface area contributed by atoms with E-state index in [1.165, 1.54) is 11.4 Å². The third kappa shape index (κ3) is 9.70. The normalized spacial score (nSPS) is 21.6. The van der Waals surface area contributed by atoms with Crippen molar-refractivity contribution in [1.82, 2.24) is 9.62 Å². The first kappa shape index (κ1) is 39.5. The number of aliphatic hydroxyl groups is 1. The zero-order valence-corrected chi connectivity index (χ0v) is 31.4. The zero-order valence-electron chi connectivity index (χ0n) is 30.6. The molecule has 1 amide bonds. The molecule has 4 N–H and O–H groups in total. The van der Waals surface area contributed by atoms with Gasteiger partial charge in [-0.15, -0.1) is 0 Å². The van der Waals surface area contributed by atoms with Crippen molar-refractivity contribution in [3.05, 3.63) is 89.0 Å². The van der Waals surface area contributed by atoms with Crippen LogP contribution >= 0.6 is 0 Å². The summed E-state index contributed by atoms with van der Waals surface area (Å²) in [6.07, 6.45) is 2.60. The van der Waals surface area contributed by atoms with Gasteiger partial charge < -0.3 is 39.8 Å². The molecule has 1 saturated carbocycles. The van der Waals surface area contributed by atoms with E-state index >= 15 is 0 Å². The third-order valence-electron chi connectivity index (χ3n) is 10.5. The maximum absolute atomic E-state index is 14.2. The van der Waals surface area contributed by atoms with E-state index in [0.29, 0.717) is 36.7 Å². The number of carbonyl (C=O) groups is 1. The number of ether oxygens (including phenoxy) is 5. The molecule has 3 aromatic rings. The molecule has 0 spiro atoms. The van der Waals surface area contributed by atoms with Crippen LogP contribution < -0.4 is 20.5 Å². The summed E-state index contributed by atoms with van der Waals surface area (Å²) in [5.74, 6) is 1.42. The number of fused-ring (bicyclic) bond motifs is 2. The van der Waals surface area contributed by atoms with Crippen molar-refractivity contribution in [1.29, 1.82) is 5.26 Å². The van der Waals surface area contributed by atoms with Crippen LogP contribution in [0.3, 0.4) is 0 Å². The second kappa shape index (κ2) is 18.4. The van der Waals surface area contributed by atoms with Gasteiger partial charge in [0, 0.05) is 19.5 Å². The van der Waals surface area contributed by atoms with E-state index in [9.17, 15) is 23.6 Å². The summed E-state index contributed by atoms with van der Waals surface area (Å²) < 4.78 is 58.4. The highest BCUT2D eigenvalue weighted by atomic mass is 32.2. The van der Waals surface area contributed by atoms with E-state index in [1.54, 1.807) is 42.5 Å². The van der Waals surface area contributed by atoms with E-state index in [0.717, 1.165) is 48.8 Å². The van der Waals surface area contributed by atoms with Crippen LogP contribution in [0, 0.1) is 23.2 Å². The summed E-state index contributed by atoms with van der Waals surface area (Å²) in [6.45, 7) is 1.60. The molecule has 0 radical (unpaired) electrons. The van der Waals surface area contributed by atoms with Crippen LogP contribution in [-0.2, 0) is 43.7 Å². The van der Waals surface area contributed by atoms with Crippen molar-refractivity contribution < 1.29 is 42.0 Å². The highest BCUT2D eigenvalue weighted by molar-refractivity contribution is 7.89. The van der Waals surface area contributed by atoms with Gasteiger partial charge in [-0.2, -0.15) is 9.57 Å². The van der Waals surface area contributed by atoms with Gasteiger partial charge in [0.2, 0.25) is 10.0 Å². The Labute approximate surface area is 317 Å².